The molecule has 4 N–H and O–H groups in total. The van der Waals surface area contributed by atoms with Crippen LogP contribution in [-0.4, -0.2) is 64.9 Å². The zero-order valence-corrected chi connectivity index (χ0v) is 10.1. The van der Waals surface area contributed by atoms with Gasteiger partial charge in [0.25, 0.3) is 0 Å². The minimum atomic E-state index is -1.06. The third kappa shape index (κ3) is 2.91. The van der Waals surface area contributed by atoms with Gasteiger partial charge in [-0.05, 0) is 25.9 Å². The Morgan fingerprint density at radius 3 is 2.56 bits per heavy atom. The number of hydrogen-bond donors (Lipinski definition) is 4. The number of urea groups is 1. The van der Waals surface area contributed by atoms with Crippen molar-refractivity contribution in [3.63, 3.8) is 0 Å². The van der Waals surface area contributed by atoms with Gasteiger partial charge in [-0.15, -0.1) is 0 Å². The molecule has 0 radical (unpaired) electrons. The van der Waals surface area contributed by atoms with Crippen molar-refractivity contribution in [1.82, 2.24) is 15.5 Å². The average molecular weight is 257 g/mol. The van der Waals surface area contributed by atoms with Crippen LogP contribution in [-0.2, 0) is 4.79 Å². The minimum Gasteiger partial charge on any atom is -0.480 e. The topological polar surface area (TPSA) is 102 Å². The van der Waals surface area contributed by atoms with E-state index in [2.05, 4.69) is 10.6 Å². The van der Waals surface area contributed by atoms with E-state index in [0.29, 0.717) is 0 Å². The number of aliphatic carboxylic acids is 1. The summed E-state index contributed by atoms with van der Waals surface area (Å²) in [5, 5.41) is 24.5. The Labute approximate surface area is 105 Å². The van der Waals surface area contributed by atoms with Gasteiger partial charge < -0.3 is 25.7 Å². The van der Waals surface area contributed by atoms with Crippen molar-refractivity contribution in [2.45, 2.75) is 37.5 Å². The van der Waals surface area contributed by atoms with E-state index in [4.69, 9.17) is 5.11 Å². The van der Waals surface area contributed by atoms with Crippen molar-refractivity contribution in [1.29, 1.82) is 0 Å². The van der Waals surface area contributed by atoms with Crippen LogP contribution in [0.1, 0.15) is 19.3 Å². The van der Waals surface area contributed by atoms with Crippen LogP contribution in [0.2, 0.25) is 0 Å². The Morgan fingerprint density at radius 2 is 1.94 bits per heavy atom. The molecule has 0 aromatic carbocycles. The molecule has 2 saturated heterocycles. The maximum Gasteiger partial charge on any atom is 0.326 e. The van der Waals surface area contributed by atoms with Crippen LogP contribution in [0.4, 0.5) is 4.79 Å². The van der Waals surface area contributed by atoms with Crippen molar-refractivity contribution in [2.75, 3.05) is 19.6 Å². The zero-order valence-electron chi connectivity index (χ0n) is 10.1. The normalized spacial score (nSPS) is 29.3. The Balaban J connectivity index is 1.92. The third-order valence-electron chi connectivity index (χ3n) is 3.49. The third-order valence-corrected chi connectivity index (χ3v) is 3.49. The van der Waals surface area contributed by atoms with E-state index in [-0.39, 0.29) is 25.0 Å². The molecule has 0 aromatic heterocycles. The highest BCUT2D eigenvalue weighted by atomic mass is 16.4. The lowest BCUT2D eigenvalue weighted by Crippen LogP contribution is -2.51. The number of carbonyl (C=O) groups is 2. The average Bonchev–Trinajstić information content (AvgIpc) is 2.73. The number of aliphatic hydroxyl groups is 1. The van der Waals surface area contributed by atoms with Gasteiger partial charge >= 0.3 is 12.0 Å². The van der Waals surface area contributed by atoms with E-state index in [0.717, 1.165) is 25.9 Å². The first-order valence-corrected chi connectivity index (χ1v) is 6.26. The van der Waals surface area contributed by atoms with Crippen molar-refractivity contribution in [2.24, 2.45) is 0 Å². The monoisotopic (exact) mass is 257 g/mol. The fraction of sp³-hybridized carbons (Fsp3) is 0.818. The number of hydrogen-bond acceptors (Lipinski definition) is 4. The SMILES string of the molecule is O=C(O)[C@H]1C[C@@H](O)CN1C(=O)NC1CCNCC1. The summed E-state index contributed by atoms with van der Waals surface area (Å²) in [5.41, 5.74) is 0. The van der Waals surface area contributed by atoms with Crippen molar-refractivity contribution in [3.8, 4) is 0 Å². The highest BCUT2D eigenvalue weighted by molar-refractivity contribution is 5.83. The van der Waals surface area contributed by atoms with Gasteiger partial charge in [-0.1, -0.05) is 0 Å². The molecule has 7 heteroatoms. The van der Waals surface area contributed by atoms with E-state index in [9.17, 15) is 14.7 Å². The predicted molar refractivity (Wildman–Crippen MR) is 63.2 cm³/mol. The van der Waals surface area contributed by atoms with Crippen LogP contribution in [0.3, 0.4) is 0 Å². The number of piperidine rings is 1. The van der Waals surface area contributed by atoms with Crippen molar-refractivity contribution in [3.05, 3.63) is 0 Å². The molecule has 2 atom stereocenters. The molecule has 0 spiro atoms. The molecule has 0 aliphatic carbocycles. The van der Waals surface area contributed by atoms with Crippen LogP contribution in [0, 0.1) is 0 Å². The number of carboxylic acids is 1. The number of nitrogens with one attached hydrogen (secondary N) is 2. The highest BCUT2D eigenvalue weighted by Crippen LogP contribution is 2.18. The van der Waals surface area contributed by atoms with Gasteiger partial charge in [-0.3, -0.25) is 0 Å². The summed E-state index contributed by atoms with van der Waals surface area (Å²) in [4.78, 5) is 24.2. The van der Waals surface area contributed by atoms with Gasteiger partial charge in [0.2, 0.25) is 0 Å². The van der Waals surface area contributed by atoms with Crippen LogP contribution >= 0.6 is 0 Å². The molecule has 0 bridgehead atoms. The smallest absolute Gasteiger partial charge is 0.326 e. The fourth-order valence-corrected chi connectivity index (χ4v) is 2.50. The first-order chi connectivity index (χ1) is 8.58. The summed E-state index contributed by atoms with van der Waals surface area (Å²) in [6.45, 7) is 1.81. The fourth-order valence-electron chi connectivity index (χ4n) is 2.50. The Morgan fingerprint density at radius 1 is 1.28 bits per heavy atom. The van der Waals surface area contributed by atoms with E-state index in [1.54, 1.807) is 0 Å². The van der Waals surface area contributed by atoms with Crippen LogP contribution in [0.25, 0.3) is 0 Å². The molecule has 102 valence electrons. The summed E-state index contributed by atoms with van der Waals surface area (Å²) in [5.74, 6) is -1.06. The second-order valence-electron chi connectivity index (χ2n) is 4.87. The minimum absolute atomic E-state index is 0.0888. The number of carbonyl (C=O) groups excluding carboxylic acids is 1. The molecule has 2 aliphatic heterocycles. The number of likely N-dealkylation sites (tertiary alicyclic amines) is 1. The quantitative estimate of drug-likeness (QED) is 0.506. The van der Waals surface area contributed by atoms with Gasteiger partial charge in [0.15, 0.2) is 0 Å². The summed E-state index contributed by atoms with van der Waals surface area (Å²) in [6, 6.07) is -1.21. The number of aliphatic hydroxyl groups excluding tert-OH is 1. The Bertz CT molecular complexity index is 330. The van der Waals surface area contributed by atoms with E-state index >= 15 is 0 Å². The zero-order chi connectivity index (χ0) is 13.1. The molecule has 0 saturated carbocycles. The molecule has 0 unspecified atom stereocenters. The van der Waals surface area contributed by atoms with E-state index in [1.807, 2.05) is 0 Å². The molecule has 2 aliphatic rings. The number of amides is 2. The molecule has 2 heterocycles. The molecule has 2 fully saturated rings. The van der Waals surface area contributed by atoms with Crippen LogP contribution in [0.5, 0.6) is 0 Å². The maximum atomic E-state index is 12.0. The second-order valence-corrected chi connectivity index (χ2v) is 4.87. The largest absolute Gasteiger partial charge is 0.480 e. The van der Waals surface area contributed by atoms with Crippen molar-refractivity contribution >= 4 is 12.0 Å². The number of nitrogens with zero attached hydrogens (tertiary/aromatic N) is 1. The summed E-state index contributed by atoms with van der Waals surface area (Å²) in [6.07, 6.45) is 1.05. The highest BCUT2D eigenvalue weighted by Gasteiger charge is 2.39. The molecular formula is C11H19N3O4. The number of carboxylic acid groups (broad SMARTS) is 1. The lowest BCUT2D eigenvalue weighted by molar-refractivity contribution is -0.141. The predicted octanol–water partition coefficient (Wildman–Crippen LogP) is -1.03. The molecule has 18 heavy (non-hydrogen) atoms. The van der Waals surface area contributed by atoms with Crippen molar-refractivity contribution < 1.29 is 19.8 Å². The Kier molecular flexibility index (Phi) is 4.03. The maximum absolute atomic E-state index is 12.0. The van der Waals surface area contributed by atoms with Crippen LogP contribution < -0.4 is 10.6 Å². The van der Waals surface area contributed by atoms with E-state index in [1.165, 1.54) is 4.90 Å². The van der Waals surface area contributed by atoms with E-state index < -0.39 is 18.1 Å². The van der Waals surface area contributed by atoms with Gasteiger partial charge in [0, 0.05) is 19.0 Å². The standard InChI is InChI=1S/C11H19N3O4/c15-8-5-9(10(16)17)14(6-8)11(18)13-7-1-3-12-4-2-7/h7-9,12,15H,1-6H2,(H,13,18)(H,16,17)/t8-,9-/m1/s1. The number of β-amino-alcohol motifs (C(OH)–C–C–N with tert-alkyl or cyclic N) is 1. The first-order valence-electron chi connectivity index (χ1n) is 6.26. The lowest BCUT2D eigenvalue weighted by Gasteiger charge is -2.28. The lowest BCUT2D eigenvalue weighted by atomic mass is 10.1. The summed E-state index contributed by atoms with van der Waals surface area (Å²) >= 11 is 0. The van der Waals surface area contributed by atoms with Gasteiger partial charge in [-0.25, -0.2) is 9.59 Å². The van der Waals surface area contributed by atoms with Gasteiger partial charge in [0.05, 0.1) is 6.10 Å². The molecule has 7 nitrogen and oxygen atoms in total. The summed E-state index contributed by atoms with van der Waals surface area (Å²) < 4.78 is 0. The first kappa shape index (κ1) is 13.1. The van der Waals surface area contributed by atoms with Crippen LogP contribution in [0.15, 0.2) is 0 Å². The molecule has 0 aromatic rings. The van der Waals surface area contributed by atoms with Gasteiger partial charge in [0.1, 0.15) is 6.04 Å². The molecule has 2 amide bonds. The summed E-state index contributed by atoms with van der Waals surface area (Å²) in [7, 11) is 0. The molecule has 2 rings (SSSR count). The van der Waals surface area contributed by atoms with Gasteiger partial charge in [-0.2, -0.15) is 0 Å². The number of rotatable bonds is 2. The molecular weight excluding hydrogens is 238 g/mol. The Hall–Kier alpha value is -1.34. The second kappa shape index (κ2) is 5.53.